The highest BCUT2D eigenvalue weighted by atomic mass is 35.5. The van der Waals surface area contributed by atoms with Crippen molar-refractivity contribution in [1.82, 2.24) is 19.3 Å². The van der Waals surface area contributed by atoms with Crippen LogP contribution in [-0.4, -0.2) is 47.8 Å². The van der Waals surface area contributed by atoms with E-state index in [2.05, 4.69) is 10.3 Å². The number of sulfonamides is 1. The first-order chi connectivity index (χ1) is 16.7. The van der Waals surface area contributed by atoms with Gasteiger partial charge in [-0.25, -0.2) is 13.1 Å². The predicted molar refractivity (Wildman–Crippen MR) is 134 cm³/mol. The van der Waals surface area contributed by atoms with E-state index in [0.29, 0.717) is 16.1 Å². The van der Waals surface area contributed by atoms with Crippen LogP contribution in [0.1, 0.15) is 29.0 Å². The molecule has 0 amide bonds. The van der Waals surface area contributed by atoms with Crippen LogP contribution in [0.2, 0.25) is 5.02 Å². The smallest absolute Gasteiger partial charge is 0.306 e. The summed E-state index contributed by atoms with van der Waals surface area (Å²) in [5.41, 5.74) is 3.88. The van der Waals surface area contributed by atoms with Crippen molar-refractivity contribution in [3.63, 3.8) is 0 Å². The van der Waals surface area contributed by atoms with Gasteiger partial charge in [-0.3, -0.25) is 4.79 Å². The zero-order valence-electron chi connectivity index (χ0n) is 19.6. The molecule has 0 unspecified atom stereocenters. The number of benzene rings is 3. The van der Waals surface area contributed by atoms with Crippen molar-refractivity contribution >= 4 is 38.6 Å². The minimum atomic E-state index is -3.70. The van der Waals surface area contributed by atoms with Gasteiger partial charge in [-0.15, -0.1) is 5.10 Å². The Morgan fingerprint density at radius 3 is 2.49 bits per heavy atom. The van der Waals surface area contributed by atoms with Crippen molar-refractivity contribution in [3.8, 4) is 0 Å². The van der Waals surface area contributed by atoms with Gasteiger partial charge in [0.2, 0.25) is 10.0 Å². The van der Waals surface area contributed by atoms with E-state index in [0.717, 1.165) is 16.6 Å². The van der Waals surface area contributed by atoms with Crippen LogP contribution in [-0.2, 0) is 33.1 Å². The number of rotatable bonds is 8. The molecule has 0 saturated carbocycles. The van der Waals surface area contributed by atoms with Gasteiger partial charge in [-0.1, -0.05) is 53.2 Å². The fourth-order valence-electron chi connectivity index (χ4n) is 3.98. The van der Waals surface area contributed by atoms with E-state index in [-0.39, 0.29) is 29.7 Å². The van der Waals surface area contributed by atoms with Crippen LogP contribution < -0.4 is 0 Å². The van der Waals surface area contributed by atoms with E-state index in [4.69, 9.17) is 16.3 Å². The Bertz CT molecular complexity index is 1470. The third kappa shape index (κ3) is 5.22. The van der Waals surface area contributed by atoms with Crippen molar-refractivity contribution in [1.29, 1.82) is 0 Å². The molecule has 0 radical (unpaired) electrons. The first-order valence-corrected chi connectivity index (χ1v) is 12.7. The molecule has 4 aromatic rings. The largest absolute Gasteiger partial charge is 0.469 e. The SMILES string of the molecule is COC(=O)C[C@H](c1ccc(Cl)c(CN(C)S(=O)(=O)c2ccccc2)c1)c1ccc2c(c1)nnn2C. The fraction of sp³-hybridized carbons (Fsp3) is 0.240. The predicted octanol–water partition coefficient (Wildman–Crippen LogP) is 4.14. The van der Waals surface area contributed by atoms with Crippen LogP contribution in [0.25, 0.3) is 11.0 Å². The lowest BCUT2D eigenvalue weighted by molar-refractivity contribution is -0.140. The maximum atomic E-state index is 13.0. The first kappa shape index (κ1) is 24.8. The van der Waals surface area contributed by atoms with Crippen LogP contribution in [0.5, 0.6) is 0 Å². The summed E-state index contributed by atoms with van der Waals surface area (Å²) in [7, 11) is 0.973. The Morgan fingerprint density at radius 1 is 1.09 bits per heavy atom. The highest BCUT2D eigenvalue weighted by molar-refractivity contribution is 7.89. The number of aromatic nitrogens is 3. The normalized spacial score (nSPS) is 12.7. The van der Waals surface area contributed by atoms with E-state index >= 15 is 0 Å². The highest BCUT2D eigenvalue weighted by Crippen LogP contribution is 2.33. The monoisotopic (exact) mass is 512 g/mol. The Balaban J connectivity index is 1.70. The van der Waals surface area contributed by atoms with E-state index in [1.54, 1.807) is 41.1 Å². The van der Waals surface area contributed by atoms with Gasteiger partial charge in [0.05, 0.1) is 23.9 Å². The average Bonchev–Trinajstić information content (AvgIpc) is 3.24. The zero-order valence-corrected chi connectivity index (χ0v) is 21.1. The number of fused-ring (bicyclic) bond motifs is 1. The van der Waals surface area contributed by atoms with E-state index in [1.807, 2.05) is 37.4 Å². The van der Waals surface area contributed by atoms with Gasteiger partial charge in [-0.2, -0.15) is 4.31 Å². The number of halogens is 1. The van der Waals surface area contributed by atoms with E-state index in [1.165, 1.54) is 18.5 Å². The molecule has 4 rings (SSSR count). The number of hydrogen-bond donors (Lipinski definition) is 0. The standard InChI is InChI=1S/C25H25ClN4O4S/c1-29(35(32,33)20-7-5-4-6-8-20)16-19-13-17(9-11-22(19)26)21(15-25(31)34-3)18-10-12-24-23(14-18)27-28-30(24)2/h4-14,21H,15-16H2,1-3H3/t21-/m1/s1. The molecule has 3 aromatic carbocycles. The minimum Gasteiger partial charge on any atom is -0.469 e. The second-order valence-electron chi connectivity index (χ2n) is 8.22. The summed E-state index contributed by atoms with van der Waals surface area (Å²) in [5.74, 6) is -0.713. The second kappa shape index (κ2) is 10.2. The fourth-order valence-corrected chi connectivity index (χ4v) is 5.33. The molecule has 0 saturated heterocycles. The highest BCUT2D eigenvalue weighted by Gasteiger charge is 2.24. The Morgan fingerprint density at radius 2 is 1.77 bits per heavy atom. The van der Waals surface area contributed by atoms with Gasteiger partial charge < -0.3 is 4.74 Å². The van der Waals surface area contributed by atoms with Crippen molar-refractivity contribution in [2.45, 2.75) is 23.8 Å². The second-order valence-corrected chi connectivity index (χ2v) is 10.7. The third-order valence-corrected chi connectivity index (χ3v) is 8.14. The molecule has 10 heteroatoms. The molecule has 0 aliphatic rings. The molecule has 0 aliphatic carbocycles. The van der Waals surface area contributed by atoms with Crippen LogP contribution >= 0.6 is 11.6 Å². The lowest BCUT2D eigenvalue weighted by Gasteiger charge is -2.21. The summed E-state index contributed by atoms with van der Waals surface area (Å²) in [5, 5.41) is 8.67. The lowest BCUT2D eigenvalue weighted by Crippen LogP contribution is -2.26. The molecule has 182 valence electrons. The molecule has 0 spiro atoms. The number of hydrogen-bond acceptors (Lipinski definition) is 6. The van der Waals surface area contributed by atoms with Crippen LogP contribution in [0.15, 0.2) is 71.6 Å². The van der Waals surface area contributed by atoms with Crippen LogP contribution in [0.3, 0.4) is 0 Å². The molecule has 0 fully saturated rings. The molecular formula is C25H25ClN4O4S. The molecule has 1 atom stereocenters. The lowest BCUT2D eigenvalue weighted by atomic mass is 9.87. The summed E-state index contributed by atoms with van der Waals surface area (Å²) < 4.78 is 33.9. The van der Waals surface area contributed by atoms with Crippen molar-refractivity contribution < 1.29 is 17.9 Å². The number of nitrogens with zero attached hydrogens (tertiary/aromatic N) is 4. The maximum absolute atomic E-state index is 13.0. The van der Waals surface area contributed by atoms with E-state index < -0.39 is 10.0 Å². The van der Waals surface area contributed by atoms with Gasteiger partial charge in [0.1, 0.15) is 5.52 Å². The molecule has 0 N–H and O–H groups in total. The van der Waals surface area contributed by atoms with Gasteiger partial charge >= 0.3 is 5.97 Å². The van der Waals surface area contributed by atoms with Crippen LogP contribution in [0.4, 0.5) is 0 Å². The quantitative estimate of drug-likeness (QED) is 0.329. The summed E-state index contributed by atoms with van der Waals surface area (Å²) in [6, 6.07) is 19.4. The number of esters is 1. The maximum Gasteiger partial charge on any atom is 0.306 e. The third-order valence-electron chi connectivity index (χ3n) is 5.95. The number of aryl methyl sites for hydroxylation is 1. The molecule has 35 heavy (non-hydrogen) atoms. The molecule has 1 aromatic heterocycles. The molecule has 0 bridgehead atoms. The van der Waals surface area contributed by atoms with Gasteiger partial charge in [0, 0.05) is 31.6 Å². The minimum absolute atomic E-state index is 0.0675. The first-order valence-electron chi connectivity index (χ1n) is 10.9. The van der Waals surface area contributed by atoms with Crippen molar-refractivity contribution in [2.75, 3.05) is 14.2 Å². The Kier molecular flexibility index (Phi) is 7.20. The molecule has 8 nitrogen and oxygen atoms in total. The molecule has 1 heterocycles. The molecule has 0 aliphatic heterocycles. The van der Waals surface area contributed by atoms with Gasteiger partial charge in [0.15, 0.2) is 0 Å². The molecular weight excluding hydrogens is 488 g/mol. The summed E-state index contributed by atoms with van der Waals surface area (Å²) >= 11 is 6.47. The number of ether oxygens (including phenoxy) is 1. The Labute approximate surface area is 209 Å². The van der Waals surface area contributed by atoms with Crippen molar-refractivity contribution in [2.24, 2.45) is 7.05 Å². The summed E-state index contributed by atoms with van der Waals surface area (Å²) in [6.07, 6.45) is 0.0987. The Hall–Kier alpha value is -3.27. The number of carbonyl (C=O) groups excluding carboxylic acids is 1. The zero-order chi connectivity index (χ0) is 25.2. The average molecular weight is 513 g/mol. The number of methoxy groups -OCH3 is 1. The van der Waals surface area contributed by atoms with Gasteiger partial charge in [0.25, 0.3) is 0 Å². The summed E-state index contributed by atoms with van der Waals surface area (Å²) in [6.45, 7) is 0.0675. The van der Waals surface area contributed by atoms with Crippen molar-refractivity contribution in [3.05, 3.63) is 88.4 Å². The number of carbonyl (C=O) groups is 1. The van der Waals surface area contributed by atoms with Gasteiger partial charge in [-0.05, 0) is 47.0 Å². The van der Waals surface area contributed by atoms with E-state index in [9.17, 15) is 13.2 Å². The topological polar surface area (TPSA) is 94.4 Å². The summed E-state index contributed by atoms with van der Waals surface area (Å²) in [4.78, 5) is 12.5. The van der Waals surface area contributed by atoms with Crippen LogP contribution in [0, 0.1) is 0 Å².